The zero-order chi connectivity index (χ0) is 9.56. The molecule has 0 aliphatic rings. The third kappa shape index (κ3) is 4.16. The molecule has 1 atom stereocenters. The lowest BCUT2D eigenvalue weighted by atomic mass is 9.99. The maximum absolute atomic E-state index is 10.6. The minimum absolute atomic E-state index is 0.537. The van der Waals surface area contributed by atoms with Crippen LogP contribution >= 0.6 is 0 Å². The SMILES string of the molecule is C/C=C(\CCC(C)CC)C(=O)O. The molecule has 0 aliphatic heterocycles. The van der Waals surface area contributed by atoms with E-state index in [1.807, 2.05) is 0 Å². The van der Waals surface area contributed by atoms with Gasteiger partial charge in [0.2, 0.25) is 0 Å². The van der Waals surface area contributed by atoms with Crippen molar-refractivity contribution in [2.75, 3.05) is 0 Å². The summed E-state index contributed by atoms with van der Waals surface area (Å²) in [4.78, 5) is 10.6. The highest BCUT2D eigenvalue weighted by Crippen LogP contribution is 2.14. The molecule has 0 rings (SSSR count). The Bertz CT molecular complexity index is 171. The quantitative estimate of drug-likeness (QED) is 0.644. The fourth-order valence-corrected chi connectivity index (χ4v) is 0.981. The summed E-state index contributed by atoms with van der Waals surface area (Å²) in [7, 11) is 0. The molecule has 2 nitrogen and oxygen atoms in total. The molecule has 0 saturated carbocycles. The monoisotopic (exact) mass is 170 g/mol. The second kappa shape index (κ2) is 5.81. The molecule has 1 unspecified atom stereocenters. The summed E-state index contributed by atoms with van der Waals surface area (Å²) in [6.07, 6.45) is 4.48. The second-order valence-corrected chi connectivity index (χ2v) is 3.17. The molecule has 0 aromatic heterocycles. The van der Waals surface area contributed by atoms with Crippen LogP contribution in [0.5, 0.6) is 0 Å². The molecule has 1 N–H and O–H groups in total. The van der Waals surface area contributed by atoms with Crippen LogP contribution in [-0.2, 0) is 4.79 Å². The van der Waals surface area contributed by atoms with Crippen molar-refractivity contribution >= 4 is 5.97 Å². The van der Waals surface area contributed by atoms with Gasteiger partial charge < -0.3 is 5.11 Å². The zero-order valence-corrected chi connectivity index (χ0v) is 8.13. The van der Waals surface area contributed by atoms with E-state index in [-0.39, 0.29) is 0 Å². The molecular formula is C10H18O2. The van der Waals surface area contributed by atoms with Gasteiger partial charge in [0.15, 0.2) is 0 Å². The summed E-state index contributed by atoms with van der Waals surface area (Å²) in [6.45, 7) is 6.05. The molecule has 2 heteroatoms. The van der Waals surface area contributed by atoms with Crippen LogP contribution in [0.3, 0.4) is 0 Å². The molecule has 0 aromatic rings. The van der Waals surface area contributed by atoms with Crippen LogP contribution in [-0.4, -0.2) is 11.1 Å². The van der Waals surface area contributed by atoms with Crippen LogP contribution in [0.25, 0.3) is 0 Å². The van der Waals surface area contributed by atoms with E-state index in [1.165, 1.54) is 0 Å². The zero-order valence-electron chi connectivity index (χ0n) is 8.13. The first-order chi connectivity index (χ1) is 5.61. The topological polar surface area (TPSA) is 37.3 Å². The number of aliphatic carboxylic acids is 1. The molecule has 12 heavy (non-hydrogen) atoms. The van der Waals surface area contributed by atoms with E-state index >= 15 is 0 Å². The fraction of sp³-hybridized carbons (Fsp3) is 0.700. The largest absolute Gasteiger partial charge is 0.478 e. The number of carboxylic acid groups (broad SMARTS) is 1. The van der Waals surface area contributed by atoms with Crippen molar-refractivity contribution in [1.82, 2.24) is 0 Å². The molecule has 0 radical (unpaired) electrons. The van der Waals surface area contributed by atoms with Crippen LogP contribution < -0.4 is 0 Å². The molecule has 0 fully saturated rings. The average molecular weight is 170 g/mol. The summed E-state index contributed by atoms with van der Waals surface area (Å²) < 4.78 is 0. The van der Waals surface area contributed by atoms with Crippen LogP contribution in [0.2, 0.25) is 0 Å². The van der Waals surface area contributed by atoms with E-state index in [0.717, 1.165) is 12.8 Å². The Morgan fingerprint density at radius 1 is 1.58 bits per heavy atom. The van der Waals surface area contributed by atoms with Crippen LogP contribution in [0.4, 0.5) is 0 Å². The summed E-state index contributed by atoms with van der Waals surface area (Å²) in [5, 5.41) is 8.69. The molecular weight excluding hydrogens is 152 g/mol. The van der Waals surface area contributed by atoms with E-state index in [9.17, 15) is 4.79 Å². The highest BCUT2D eigenvalue weighted by Gasteiger charge is 2.07. The van der Waals surface area contributed by atoms with Crippen LogP contribution in [0.15, 0.2) is 11.6 Å². The molecule has 0 aliphatic carbocycles. The van der Waals surface area contributed by atoms with Crippen molar-refractivity contribution in [3.8, 4) is 0 Å². The standard InChI is InChI=1S/C10H18O2/c1-4-8(3)6-7-9(5-2)10(11)12/h5,8H,4,6-7H2,1-3H3,(H,11,12)/b9-5+. The Labute approximate surface area is 74.3 Å². The van der Waals surface area contributed by atoms with Gasteiger partial charge in [-0.1, -0.05) is 26.3 Å². The summed E-state index contributed by atoms with van der Waals surface area (Å²) >= 11 is 0. The third-order valence-electron chi connectivity index (χ3n) is 2.23. The van der Waals surface area contributed by atoms with Crippen molar-refractivity contribution < 1.29 is 9.90 Å². The van der Waals surface area contributed by atoms with Crippen molar-refractivity contribution in [3.63, 3.8) is 0 Å². The lowest BCUT2D eigenvalue weighted by molar-refractivity contribution is -0.132. The summed E-state index contributed by atoms with van der Waals surface area (Å²) in [6, 6.07) is 0. The van der Waals surface area contributed by atoms with E-state index in [0.29, 0.717) is 17.9 Å². The Balaban J connectivity index is 3.83. The number of allylic oxidation sites excluding steroid dienone is 1. The smallest absolute Gasteiger partial charge is 0.331 e. The maximum atomic E-state index is 10.6. The first-order valence-corrected chi connectivity index (χ1v) is 4.50. The first-order valence-electron chi connectivity index (χ1n) is 4.50. The lowest BCUT2D eigenvalue weighted by Crippen LogP contribution is -2.02. The van der Waals surface area contributed by atoms with Gasteiger partial charge in [0.1, 0.15) is 0 Å². The van der Waals surface area contributed by atoms with Crippen molar-refractivity contribution in [1.29, 1.82) is 0 Å². The predicted molar refractivity (Wildman–Crippen MR) is 50.1 cm³/mol. The Morgan fingerprint density at radius 3 is 2.50 bits per heavy atom. The lowest BCUT2D eigenvalue weighted by Gasteiger charge is -2.07. The van der Waals surface area contributed by atoms with Gasteiger partial charge in [0.25, 0.3) is 0 Å². The Morgan fingerprint density at radius 2 is 2.17 bits per heavy atom. The van der Waals surface area contributed by atoms with Gasteiger partial charge in [0, 0.05) is 5.57 Å². The molecule has 0 bridgehead atoms. The number of carboxylic acids is 1. The molecule has 0 heterocycles. The number of rotatable bonds is 5. The van der Waals surface area contributed by atoms with E-state index < -0.39 is 5.97 Å². The fourth-order valence-electron chi connectivity index (χ4n) is 0.981. The van der Waals surface area contributed by atoms with Gasteiger partial charge in [0.05, 0.1) is 0 Å². The van der Waals surface area contributed by atoms with Crippen molar-refractivity contribution in [2.45, 2.75) is 40.0 Å². The van der Waals surface area contributed by atoms with E-state index in [2.05, 4.69) is 13.8 Å². The first kappa shape index (κ1) is 11.2. The minimum atomic E-state index is -0.777. The predicted octanol–water partition coefficient (Wildman–Crippen LogP) is 2.84. The van der Waals surface area contributed by atoms with Gasteiger partial charge in [-0.05, 0) is 25.7 Å². The Kier molecular flexibility index (Phi) is 5.43. The summed E-state index contributed by atoms with van der Waals surface area (Å²) in [5.41, 5.74) is 0.537. The van der Waals surface area contributed by atoms with Crippen molar-refractivity contribution in [2.24, 2.45) is 5.92 Å². The van der Waals surface area contributed by atoms with Gasteiger partial charge in [-0.2, -0.15) is 0 Å². The Hall–Kier alpha value is -0.790. The van der Waals surface area contributed by atoms with Crippen LogP contribution in [0.1, 0.15) is 40.0 Å². The third-order valence-corrected chi connectivity index (χ3v) is 2.23. The van der Waals surface area contributed by atoms with E-state index in [1.54, 1.807) is 13.0 Å². The maximum Gasteiger partial charge on any atom is 0.331 e. The van der Waals surface area contributed by atoms with Crippen molar-refractivity contribution in [3.05, 3.63) is 11.6 Å². The molecule has 0 saturated heterocycles. The van der Waals surface area contributed by atoms with Gasteiger partial charge >= 0.3 is 5.97 Å². The van der Waals surface area contributed by atoms with Crippen LogP contribution in [0, 0.1) is 5.92 Å². The van der Waals surface area contributed by atoms with Gasteiger partial charge in [-0.25, -0.2) is 4.79 Å². The molecule has 0 amide bonds. The normalized spacial score (nSPS) is 14.4. The summed E-state index contributed by atoms with van der Waals surface area (Å²) in [5.74, 6) is -0.153. The minimum Gasteiger partial charge on any atom is -0.478 e. The van der Waals surface area contributed by atoms with E-state index in [4.69, 9.17) is 5.11 Å². The van der Waals surface area contributed by atoms with Gasteiger partial charge in [-0.15, -0.1) is 0 Å². The number of hydrogen-bond donors (Lipinski definition) is 1. The second-order valence-electron chi connectivity index (χ2n) is 3.17. The average Bonchev–Trinajstić information content (AvgIpc) is 2.04. The van der Waals surface area contributed by atoms with Gasteiger partial charge in [-0.3, -0.25) is 0 Å². The molecule has 70 valence electrons. The molecule has 0 spiro atoms. The highest BCUT2D eigenvalue weighted by molar-refractivity contribution is 5.86. The molecule has 0 aromatic carbocycles. The number of hydrogen-bond acceptors (Lipinski definition) is 1. The highest BCUT2D eigenvalue weighted by atomic mass is 16.4. The number of carbonyl (C=O) groups is 1.